The molecule has 3 aromatic rings. The van der Waals surface area contributed by atoms with Crippen LogP contribution in [0.25, 0.3) is 11.3 Å². The molecule has 0 saturated carbocycles. The minimum atomic E-state index is -4.75. The first-order chi connectivity index (χ1) is 22.2. The fourth-order valence-electron chi connectivity index (χ4n) is 5.91. The van der Waals surface area contributed by atoms with E-state index in [-0.39, 0.29) is 37.1 Å². The molecule has 10 nitrogen and oxygen atoms in total. The van der Waals surface area contributed by atoms with Crippen LogP contribution in [0.4, 0.5) is 27.6 Å². The number of rotatable bonds is 8. The van der Waals surface area contributed by atoms with Crippen molar-refractivity contribution in [1.29, 1.82) is 0 Å². The van der Waals surface area contributed by atoms with Crippen LogP contribution in [0.5, 0.6) is 5.75 Å². The van der Waals surface area contributed by atoms with Crippen LogP contribution < -0.4 is 20.5 Å². The van der Waals surface area contributed by atoms with E-state index < -0.39 is 59.8 Å². The molecule has 2 aromatic carbocycles. The van der Waals surface area contributed by atoms with Crippen molar-refractivity contribution in [2.45, 2.75) is 50.9 Å². The minimum absolute atomic E-state index is 0.107. The van der Waals surface area contributed by atoms with E-state index in [1.165, 1.54) is 4.57 Å². The third kappa shape index (κ3) is 6.46. The second kappa shape index (κ2) is 13.0. The summed E-state index contributed by atoms with van der Waals surface area (Å²) in [5.74, 6) is -3.95. The van der Waals surface area contributed by atoms with Crippen molar-refractivity contribution in [1.82, 2.24) is 14.9 Å². The summed E-state index contributed by atoms with van der Waals surface area (Å²) in [4.78, 5) is 44.0. The number of alkyl halides is 3. The van der Waals surface area contributed by atoms with Crippen LogP contribution in [0.2, 0.25) is 0 Å². The van der Waals surface area contributed by atoms with E-state index in [2.05, 4.69) is 10.3 Å². The third-order valence-corrected chi connectivity index (χ3v) is 8.71. The largest absolute Gasteiger partial charge is 0.493 e. The number of carbonyl (C=O) groups is 2. The summed E-state index contributed by atoms with van der Waals surface area (Å²) in [5.41, 5.74) is -0.997. The fraction of sp³-hybridized carbons (Fsp3) is 0.438. The molecule has 0 spiro atoms. The van der Waals surface area contributed by atoms with Crippen LogP contribution >= 0.6 is 0 Å². The molecule has 1 fully saturated rings. The van der Waals surface area contributed by atoms with E-state index in [1.54, 1.807) is 33.0 Å². The molecule has 47 heavy (non-hydrogen) atoms. The Balaban J connectivity index is 1.46. The van der Waals surface area contributed by atoms with Gasteiger partial charge >= 0.3 is 6.18 Å². The van der Waals surface area contributed by atoms with E-state index in [0.717, 1.165) is 4.90 Å². The summed E-state index contributed by atoms with van der Waals surface area (Å²) in [7, 11) is 1.63. The van der Waals surface area contributed by atoms with Crippen LogP contribution in [0.1, 0.15) is 39.3 Å². The lowest BCUT2D eigenvalue weighted by molar-refractivity contribution is -0.167. The highest BCUT2D eigenvalue weighted by Crippen LogP contribution is 2.38. The van der Waals surface area contributed by atoms with Gasteiger partial charge in [-0.15, -0.1) is 0 Å². The van der Waals surface area contributed by atoms with Gasteiger partial charge in [-0.25, -0.2) is 13.8 Å². The molecule has 0 bridgehead atoms. The van der Waals surface area contributed by atoms with Crippen LogP contribution in [-0.4, -0.2) is 77.6 Å². The molecule has 2 N–H and O–H groups in total. The number of fused-ring (bicyclic) bond motifs is 1. The van der Waals surface area contributed by atoms with Gasteiger partial charge < -0.3 is 34.2 Å². The summed E-state index contributed by atoms with van der Waals surface area (Å²) in [6, 6.07) is 2.27. The van der Waals surface area contributed by atoms with Crippen molar-refractivity contribution in [2.75, 3.05) is 37.9 Å². The summed E-state index contributed by atoms with van der Waals surface area (Å²) in [5, 5.41) is 12.5. The molecule has 2 aliphatic heterocycles. The highest BCUT2D eigenvalue weighted by atomic mass is 19.4. The van der Waals surface area contributed by atoms with Crippen molar-refractivity contribution >= 4 is 17.9 Å². The van der Waals surface area contributed by atoms with Gasteiger partial charge in [0.05, 0.1) is 32.1 Å². The zero-order valence-corrected chi connectivity index (χ0v) is 25.8. The molecular weight excluding hydrogens is 631 g/mol. The molecule has 2 aliphatic rings. The number of nitrogens with one attached hydrogen (secondary N) is 1. The number of hydrogen-bond acceptors (Lipinski definition) is 8. The Bertz CT molecular complexity index is 1760. The zero-order valence-electron chi connectivity index (χ0n) is 25.8. The van der Waals surface area contributed by atoms with E-state index in [9.17, 15) is 32.7 Å². The van der Waals surface area contributed by atoms with Crippen LogP contribution in [-0.2, 0) is 29.4 Å². The topological polar surface area (TPSA) is 123 Å². The summed E-state index contributed by atoms with van der Waals surface area (Å²) in [6.07, 6.45) is -3.76. The molecule has 1 amide bonds. The molecule has 252 valence electrons. The lowest BCUT2D eigenvalue weighted by Crippen LogP contribution is -2.55. The number of amides is 1. The van der Waals surface area contributed by atoms with Crippen molar-refractivity contribution in [3.8, 4) is 17.0 Å². The quantitative estimate of drug-likeness (QED) is 0.278. The first-order valence-electron chi connectivity index (χ1n) is 14.8. The van der Waals surface area contributed by atoms with Crippen molar-refractivity contribution in [2.24, 2.45) is 7.05 Å². The Hall–Kier alpha value is -4.37. The van der Waals surface area contributed by atoms with E-state index in [1.807, 2.05) is 0 Å². The maximum Gasteiger partial charge on any atom is 0.411 e. The van der Waals surface area contributed by atoms with Gasteiger partial charge in [-0.3, -0.25) is 9.59 Å². The highest BCUT2D eigenvalue weighted by molar-refractivity contribution is 5.97. The van der Waals surface area contributed by atoms with Crippen LogP contribution in [0, 0.1) is 25.5 Å². The van der Waals surface area contributed by atoms with E-state index in [0.29, 0.717) is 65.4 Å². The summed E-state index contributed by atoms with van der Waals surface area (Å²) < 4.78 is 83.5. The Morgan fingerprint density at radius 3 is 2.51 bits per heavy atom. The molecule has 0 aliphatic carbocycles. The van der Waals surface area contributed by atoms with Gasteiger partial charge in [0.1, 0.15) is 46.5 Å². The number of morpholine rings is 1. The predicted molar refractivity (Wildman–Crippen MR) is 160 cm³/mol. The van der Waals surface area contributed by atoms with Crippen molar-refractivity contribution in [3.63, 3.8) is 0 Å². The molecule has 0 unspecified atom stereocenters. The molecule has 0 radical (unpaired) electrons. The fourth-order valence-corrected chi connectivity index (χ4v) is 5.91. The predicted octanol–water partition coefficient (Wildman–Crippen LogP) is 3.34. The first-order valence-corrected chi connectivity index (χ1v) is 14.8. The highest BCUT2D eigenvalue weighted by Gasteiger charge is 2.46. The number of halogens is 5. The number of hydrogen-bond donors (Lipinski definition) is 2. The number of aromatic nitrogens is 2. The second-order valence-electron chi connectivity index (χ2n) is 11.7. The molecule has 1 saturated heterocycles. The molecule has 1 aromatic heterocycles. The Labute approximate surface area is 266 Å². The smallest absolute Gasteiger partial charge is 0.411 e. The lowest BCUT2D eigenvalue weighted by atomic mass is 9.86. The van der Waals surface area contributed by atoms with Gasteiger partial charge in [-0.1, -0.05) is 6.07 Å². The standard InChI is InChI=1S/C32H33F5N4O6/c1-17-18(2)40(3)30(45)27(38-17)22-7-6-19(21-5-4-9-47-28(21)22)13-31(15-42,16-43)39-29(44)26-23(33)11-20(12-24(26)34)41-8-10-46-14-25(41)32(35,36)37/h6-7,11-12,15,25,43H,4-5,8-10,13-14,16H2,1-3H3,(H,39,44)/t25-,31+/m1/s1. The summed E-state index contributed by atoms with van der Waals surface area (Å²) in [6.45, 7) is 1.78. The maximum atomic E-state index is 15.3. The van der Waals surface area contributed by atoms with Gasteiger partial charge in [-0.05, 0) is 56.0 Å². The molecule has 15 heteroatoms. The number of aldehydes is 1. The Morgan fingerprint density at radius 2 is 1.87 bits per heavy atom. The number of benzene rings is 2. The normalized spacial score (nSPS) is 17.8. The molecule has 2 atom stereocenters. The number of aliphatic hydroxyl groups excluding tert-OH is 1. The van der Waals surface area contributed by atoms with E-state index >= 15 is 8.78 Å². The number of aryl methyl sites for hydroxylation is 1. The van der Waals surface area contributed by atoms with Gasteiger partial charge in [0.2, 0.25) is 0 Å². The Morgan fingerprint density at radius 1 is 1.17 bits per heavy atom. The van der Waals surface area contributed by atoms with Crippen molar-refractivity contribution < 1.29 is 46.1 Å². The molecule has 3 heterocycles. The van der Waals surface area contributed by atoms with Gasteiger partial charge in [0, 0.05) is 37.0 Å². The number of nitrogens with zero attached hydrogens (tertiary/aromatic N) is 3. The number of ether oxygens (including phenoxy) is 2. The zero-order chi connectivity index (χ0) is 34.3. The van der Waals surface area contributed by atoms with E-state index in [4.69, 9.17) is 9.47 Å². The molecule has 5 rings (SSSR count). The van der Waals surface area contributed by atoms with Gasteiger partial charge in [0.15, 0.2) is 0 Å². The first kappa shape index (κ1) is 34.0. The summed E-state index contributed by atoms with van der Waals surface area (Å²) >= 11 is 0. The van der Waals surface area contributed by atoms with Crippen LogP contribution in [0.3, 0.4) is 0 Å². The number of anilines is 1. The van der Waals surface area contributed by atoms with Crippen LogP contribution in [0.15, 0.2) is 29.1 Å². The molecular formula is C32H33F5N4O6. The second-order valence-corrected chi connectivity index (χ2v) is 11.7. The van der Waals surface area contributed by atoms with Gasteiger partial charge in [-0.2, -0.15) is 13.2 Å². The average Bonchev–Trinajstić information content (AvgIpc) is 3.04. The number of carbonyl (C=O) groups excluding carboxylic acids is 2. The van der Waals surface area contributed by atoms with Gasteiger partial charge in [0.25, 0.3) is 11.5 Å². The minimum Gasteiger partial charge on any atom is -0.493 e. The average molecular weight is 665 g/mol. The third-order valence-electron chi connectivity index (χ3n) is 8.71. The van der Waals surface area contributed by atoms with Crippen molar-refractivity contribution in [3.05, 3.63) is 74.3 Å². The SMILES string of the molecule is Cc1nc(-c2ccc(C[C@](C=O)(CO)NC(=O)c3c(F)cc(N4CCOC[C@@H]4C(F)(F)F)cc3F)c3c2OCCC3)c(=O)n(C)c1C. The lowest BCUT2D eigenvalue weighted by Gasteiger charge is -2.38. The number of aliphatic hydroxyl groups is 1. The Kier molecular flexibility index (Phi) is 9.42. The monoisotopic (exact) mass is 664 g/mol. The maximum absolute atomic E-state index is 15.3.